The molecule has 0 bridgehead atoms. The summed E-state index contributed by atoms with van der Waals surface area (Å²) in [6, 6.07) is 6.10. The van der Waals surface area contributed by atoms with Crippen molar-refractivity contribution in [3.63, 3.8) is 0 Å². The standard InChI is InChI=1S/C11H13N3O/c12-6-10-3-8(1-2-13-10)7-14-9-4-11(15)5-9/h1-3,9,11,14-15H,4-5,7H2. The Balaban J connectivity index is 1.86. The molecule has 0 atom stereocenters. The molecule has 1 aliphatic rings. The molecule has 2 rings (SSSR count). The number of aromatic nitrogens is 1. The summed E-state index contributed by atoms with van der Waals surface area (Å²) >= 11 is 0. The maximum atomic E-state index is 9.10. The highest BCUT2D eigenvalue weighted by Gasteiger charge is 2.26. The summed E-state index contributed by atoms with van der Waals surface area (Å²) in [5.74, 6) is 0. The zero-order valence-corrected chi connectivity index (χ0v) is 8.35. The van der Waals surface area contributed by atoms with Gasteiger partial charge in [0.25, 0.3) is 0 Å². The third-order valence-corrected chi connectivity index (χ3v) is 2.65. The molecular weight excluding hydrogens is 190 g/mol. The molecule has 0 unspecified atom stereocenters. The van der Waals surface area contributed by atoms with Crippen LogP contribution in [0.15, 0.2) is 18.3 Å². The monoisotopic (exact) mass is 203 g/mol. The second-order valence-electron chi connectivity index (χ2n) is 3.86. The number of nitrogens with zero attached hydrogens (tertiary/aromatic N) is 2. The van der Waals surface area contributed by atoms with E-state index < -0.39 is 0 Å². The molecule has 1 aromatic rings. The Morgan fingerprint density at radius 2 is 2.40 bits per heavy atom. The van der Waals surface area contributed by atoms with Crippen LogP contribution in [-0.4, -0.2) is 22.2 Å². The number of aliphatic hydroxyl groups is 1. The van der Waals surface area contributed by atoms with Gasteiger partial charge in [-0.25, -0.2) is 4.98 Å². The fraction of sp³-hybridized carbons (Fsp3) is 0.455. The summed E-state index contributed by atoms with van der Waals surface area (Å²) in [6.07, 6.45) is 3.17. The molecule has 0 spiro atoms. The van der Waals surface area contributed by atoms with Crippen LogP contribution in [0.2, 0.25) is 0 Å². The van der Waals surface area contributed by atoms with Crippen molar-refractivity contribution in [1.82, 2.24) is 10.3 Å². The third kappa shape index (κ3) is 2.52. The van der Waals surface area contributed by atoms with Crippen molar-refractivity contribution in [2.45, 2.75) is 31.5 Å². The van der Waals surface area contributed by atoms with Crippen LogP contribution in [0.5, 0.6) is 0 Å². The van der Waals surface area contributed by atoms with Gasteiger partial charge in [-0.3, -0.25) is 0 Å². The topological polar surface area (TPSA) is 68.9 Å². The summed E-state index contributed by atoms with van der Waals surface area (Å²) in [6.45, 7) is 0.731. The van der Waals surface area contributed by atoms with Crippen LogP contribution >= 0.6 is 0 Å². The van der Waals surface area contributed by atoms with Crippen molar-refractivity contribution in [3.8, 4) is 6.07 Å². The van der Waals surface area contributed by atoms with Gasteiger partial charge in [0.05, 0.1) is 6.10 Å². The van der Waals surface area contributed by atoms with Crippen LogP contribution in [0.1, 0.15) is 24.1 Å². The Morgan fingerprint density at radius 3 is 3.07 bits per heavy atom. The highest BCUT2D eigenvalue weighted by Crippen LogP contribution is 2.19. The number of nitriles is 1. The van der Waals surface area contributed by atoms with E-state index in [2.05, 4.69) is 10.3 Å². The number of rotatable bonds is 3. The lowest BCUT2D eigenvalue weighted by molar-refractivity contribution is 0.0619. The van der Waals surface area contributed by atoms with Crippen LogP contribution in [0, 0.1) is 11.3 Å². The Hall–Kier alpha value is -1.44. The van der Waals surface area contributed by atoms with Crippen molar-refractivity contribution in [3.05, 3.63) is 29.6 Å². The van der Waals surface area contributed by atoms with Gasteiger partial charge in [0, 0.05) is 18.8 Å². The molecule has 1 heterocycles. The molecule has 0 aliphatic heterocycles. The SMILES string of the molecule is N#Cc1cc(CNC2CC(O)C2)ccn1. The minimum absolute atomic E-state index is 0.130. The lowest BCUT2D eigenvalue weighted by Gasteiger charge is -2.32. The summed E-state index contributed by atoms with van der Waals surface area (Å²) < 4.78 is 0. The summed E-state index contributed by atoms with van der Waals surface area (Å²) in [5, 5.41) is 21.1. The Morgan fingerprint density at radius 1 is 1.60 bits per heavy atom. The molecule has 4 nitrogen and oxygen atoms in total. The van der Waals surface area contributed by atoms with E-state index in [0.717, 1.165) is 24.9 Å². The first-order valence-corrected chi connectivity index (χ1v) is 5.04. The lowest BCUT2D eigenvalue weighted by Crippen LogP contribution is -2.43. The van der Waals surface area contributed by atoms with Crippen LogP contribution in [0.25, 0.3) is 0 Å². The van der Waals surface area contributed by atoms with E-state index in [0.29, 0.717) is 11.7 Å². The summed E-state index contributed by atoms with van der Waals surface area (Å²) in [7, 11) is 0. The molecule has 0 amide bonds. The van der Waals surface area contributed by atoms with Gasteiger partial charge in [-0.1, -0.05) is 0 Å². The predicted octanol–water partition coefficient (Wildman–Crippen LogP) is 0.566. The van der Waals surface area contributed by atoms with Gasteiger partial charge in [0.15, 0.2) is 0 Å². The Labute approximate surface area is 88.6 Å². The zero-order chi connectivity index (χ0) is 10.7. The molecule has 1 aliphatic carbocycles. The van der Waals surface area contributed by atoms with E-state index in [-0.39, 0.29) is 6.10 Å². The van der Waals surface area contributed by atoms with Crippen LogP contribution in [0.3, 0.4) is 0 Å². The van der Waals surface area contributed by atoms with E-state index in [4.69, 9.17) is 10.4 Å². The van der Waals surface area contributed by atoms with Gasteiger partial charge in [0.1, 0.15) is 11.8 Å². The molecule has 0 saturated heterocycles. The van der Waals surface area contributed by atoms with E-state index >= 15 is 0 Å². The van der Waals surface area contributed by atoms with Crippen molar-refractivity contribution in [2.75, 3.05) is 0 Å². The molecular formula is C11H13N3O. The van der Waals surface area contributed by atoms with Gasteiger partial charge in [0.2, 0.25) is 0 Å². The molecule has 1 aromatic heterocycles. The average Bonchev–Trinajstić information content (AvgIpc) is 2.23. The van der Waals surface area contributed by atoms with E-state index in [1.165, 1.54) is 0 Å². The number of aliphatic hydroxyl groups excluding tert-OH is 1. The first-order chi connectivity index (χ1) is 7.28. The number of nitrogens with one attached hydrogen (secondary N) is 1. The minimum atomic E-state index is -0.130. The average molecular weight is 203 g/mol. The van der Waals surface area contributed by atoms with E-state index in [1.54, 1.807) is 12.3 Å². The molecule has 0 radical (unpaired) electrons. The zero-order valence-electron chi connectivity index (χ0n) is 8.35. The molecule has 4 heteroatoms. The first-order valence-electron chi connectivity index (χ1n) is 5.04. The number of hydrogen-bond acceptors (Lipinski definition) is 4. The van der Waals surface area contributed by atoms with E-state index in [9.17, 15) is 0 Å². The smallest absolute Gasteiger partial charge is 0.140 e. The highest BCUT2D eigenvalue weighted by atomic mass is 16.3. The molecule has 1 saturated carbocycles. The maximum absolute atomic E-state index is 9.10. The second kappa shape index (κ2) is 4.39. The van der Waals surface area contributed by atoms with Crippen molar-refractivity contribution in [1.29, 1.82) is 5.26 Å². The third-order valence-electron chi connectivity index (χ3n) is 2.65. The van der Waals surface area contributed by atoms with E-state index in [1.807, 2.05) is 12.1 Å². The van der Waals surface area contributed by atoms with Gasteiger partial charge in [-0.05, 0) is 30.5 Å². The van der Waals surface area contributed by atoms with Crippen molar-refractivity contribution >= 4 is 0 Å². The van der Waals surface area contributed by atoms with Gasteiger partial charge < -0.3 is 10.4 Å². The molecule has 0 aromatic carbocycles. The predicted molar refractivity (Wildman–Crippen MR) is 54.8 cm³/mol. The lowest BCUT2D eigenvalue weighted by atomic mass is 9.89. The van der Waals surface area contributed by atoms with Crippen molar-refractivity contribution < 1.29 is 5.11 Å². The maximum Gasteiger partial charge on any atom is 0.140 e. The fourth-order valence-corrected chi connectivity index (χ4v) is 1.66. The molecule has 15 heavy (non-hydrogen) atoms. The number of hydrogen-bond donors (Lipinski definition) is 2. The largest absolute Gasteiger partial charge is 0.393 e. The van der Waals surface area contributed by atoms with Gasteiger partial charge in [-0.2, -0.15) is 5.26 Å². The van der Waals surface area contributed by atoms with Crippen molar-refractivity contribution in [2.24, 2.45) is 0 Å². The highest BCUT2D eigenvalue weighted by molar-refractivity contribution is 5.25. The van der Waals surface area contributed by atoms with Gasteiger partial charge >= 0.3 is 0 Å². The van der Waals surface area contributed by atoms with Crippen LogP contribution < -0.4 is 5.32 Å². The summed E-state index contributed by atoms with van der Waals surface area (Å²) in [5.41, 5.74) is 1.51. The van der Waals surface area contributed by atoms with Gasteiger partial charge in [-0.15, -0.1) is 0 Å². The Kier molecular flexibility index (Phi) is 2.95. The Bertz CT molecular complexity index is 380. The molecule has 78 valence electrons. The fourth-order valence-electron chi connectivity index (χ4n) is 1.66. The molecule has 1 fully saturated rings. The first kappa shape index (κ1) is 10.1. The number of pyridine rings is 1. The van der Waals surface area contributed by atoms with Crippen LogP contribution in [-0.2, 0) is 6.54 Å². The molecule has 2 N–H and O–H groups in total. The second-order valence-corrected chi connectivity index (χ2v) is 3.86. The summed E-state index contributed by atoms with van der Waals surface area (Å²) in [4.78, 5) is 3.90. The minimum Gasteiger partial charge on any atom is -0.393 e. The van der Waals surface area contributed by atoms with Crippen LogP contribution in [0.4, 0.5) is 0 Å². The normalized spacial score (nSPS) is 24.3. The quantitative estimate of drug-likeness (QED) is 0.753.